The Morgan fingerprint density at radius 2 is 1.83 bits per heavy atom. The minimum Gasteiger partial charge on any atom is -0.325 e. The minimum absolute atomic E-state index is 0.00671. The van der Waals surface area contributed by atoms with E-state index in [2.05, 4.69) is 24.5 Å². The van der Waals surface area contributed by atoms with Crippen molar-refractivity contribution in [1.29, 1.82) is 0 Å². The van der Waals surface area contributed by atoms with Crippen LogP contribution in [0.5, 0.6) is 0 Å². The molecule has 2 aromatic carbocycles. The van der Waals surface area contributed by atoms with Crippen LogP contribution in [-0.4, -0.2) is 11.8 Å². The van der Waals surface area contributed by atoms with Crippen molar-refractivity contribution >= 4 is 23.2 Å². The molecule has 0 bridgehead atoms. The smallest absolute Gasteiger partial charge is 0.255 e. The van der Waals surface area contributed by atoms with Crippen LogP contribution in [0.3, 0.4) is 0 Å². The topological polar surface area (TPSA) is 58.2 Å². The summed E-state index contributed by atoms with van der Waals surface area (Å²) < 4.78 is 0. The number of amides is 2. The third-order valence-electron chi connectivity index (χ3n) is 4.27. The maximum absolute atomic E-state index is 12.3. The van der Waals surface area contributed by atoms with Crippen LogP contribution in [0, 0.1) is 0 Å². The summed E-state index contributed by atoms with van der Waals surface area (Å²) in [5.74, 6) is 0.0977. The van der Waals surface area contributed by atoms with Gasteiger partial charge in [0.1, 0.15) is 0 Å². The molecular formula is C19H20N2O2. The molecule has 0 fully saturated rings. The average Bonchev–Trinajstić information content (AvgIpc) is 2.82. The first-order valence-corrected chi connectivity index (χ1v) is 7.82. The van der Waals surface area contributed by atoms with Gasteiger partial charge in [0.05, 0.1) is 5.92 Å². The predicted octanol–water partition coefficient (Wildman–Crippen LogP) is 4.12. The van der Waals surface area contributed by atoms with Gasteiger partial charge in [0, 0.05) is 16.9 Å². The normalized spacial score (nSPS) is 16.2. The zero-order valence-corrected chi connectivity index (χ0v) is 13.5. The third-order valence-corrected chi connectivity index (χ3v) is 4.27. The first-order chi connectivity index (χ1) is 11.0. The number of hydrogen-bond acceptors (Lipinski definition) is 2. The van der Waals surface area contributed by atoms with Gasteiger partial charge in [-0.1, -0.05) is 26.0 Å². The van der Waals surface area contributed by atoms with E-state index in [1.807, 2.05) is 43.3 Å². The molecule has 2 aromatic rings. The van der Waals surface area contributed by atoms with Gasteiger partial charge in [-0.2, -0.15) is 0 Å². The van der Waals surface area contributed by atoms with E-state index in [-0.39, 0.29) is 17.7 Å². The van der Waals surface area contributed by atoms with Crippen molar-refractivity contribution in [2.45, 2.75) is 32.6 Å². The molecule has 1 aliphatic heterocycles. The van der Waals surface area contributed by atoms with Gasteiger partial charge in [-0.25, -0.2) is 0 Å². The summed E-state index contributed by atoms with van der Waals surface area (Å²) in [6.07, 6.45) is 0. The van der Waals surface area contributed by atoms with E-state index in [1.165, 1.54) is 5.56 Å². The second-order valence-electron chi connectivity index (χ2n) is 6.24. The van der Waals surface area contributed by atoms with Crippen LogP contribution < -0.4 is 10.6 Å². The number of rotatable bonds is 3. The molecule has 0 saturated carbocycles. The Balaban J connectivity index is 1.77. The number of carbonyl (C=O) groups is 2. The van der Waals surface area contributed by atoms with Crippen LogP contribution in [0.1, 0.15) is 54.1 Å². The fraction of sp³-hybridized carbons (Fsp3) is 0.263. The van der Waals surface area contributed by atoms with Gasteiger partial charge in [-0.15, -0.1) is 0 Å². The van der Waals surface area contributed by atoms with Crippen molar-refractivity contribution in [1.82, 2.24) is 0 Å². The summed E-state index contributed by atoms with van der Waals surface area (Å²) in [7, 11) is 0. The second kappa shape index (κ2) is 5.88. The van der Waals surface area contributed by atoms with Gasteiger partial charge in [-0.3, -0.25) is 9.59 Å². The number of anilines is 2. The molecule has 4 heteroatoms. The van der Waals surface area contributed by atoms with E-state index < -0.39 is 0 Å². The van der Waals surface area contributed by atoms with Crippen molar-refractivity contribution in [2.24, 2.45) is 0 Å². The van der Waals surface area contributed by atoms with E-state index in [0.29, 0.717) is 17.2 Å². The molecule has 0 aliphatic carbocycles. The predicted molar refractivity (Wildman–Crippen MR) is 92.0 cm³/mol. The highest BCUT2D eigenvalue weighted by molar-refractivity contribution is 6.06. The Morgan fingerprint density at radius 1 is 1.13 bits per heavy atom. The molecule has 23 heavy (non-hydrogen) atoms. The standard InChI is InChI=1S/C19H20N2O2/c1-11(2)13-4-6-14(7-5-13)19(23)20-15-8-9-17-16(10-15)12(3)18(22)21-17/h4-12H,1-3H3,(H,20,23)(H,21,22). The first-order valence-electron chi connectivity index (χ1n) is 7.82. The number of benzene rings is 2. The van der Waals surface area contributed by atoms with Crippen LogP contribution in [0.25, 0.3) is 0 Å². The third kappa shape index (κ3) is 2.97. The van der Waals surface area contributed by atoms with E-state index in [9.17, 15) is 9.59 Å². The molecule has 1 aliphatic rings. The Bertz CT molecular complexity index is 763. The van der Waals surface area contributed by atoms with Gasteiger partial charge in [0.25, 0.3) is 5.91 Å². The molecule has 0 saturated heterocycles. The molecule has 118 valence electrons. The summed E-state index contributed by atoms with van der Waals surface area (Å²) in [6, 6.07) is 13.1. The molecular weight excluding hydrogens is 288 g/mol. The van der Waals surface area contributed by atoms with Gasteiger partial charge < -0.3 is 10.6 Å². The summed E-state index contributed by atoms with van der Waals surface area (Å²) in [6.45, 7) is 6.10. The van der Waals surface area contributed by atoms with E-state index in [4.69, 9.17) is 0 Å². The van der Waals surface area contributed by atoms with Crippen molar-refractivity contribution in [3.8, 4) is 0 Å². The Hall–Kier alpha value is -2.62. The molecule has 2 amide bonds. The number of carbonyl (C=O) groups excluding carboxylic acids is 2. The summed E-state index contributed by atoms with van der Waals surface area (Å²) in [5.41, 5.74) is 4.27. The van der Waals surface area contributed by atoms with E-state index in [1.54, 1.807) is 6.07 Å². The molecule has 0 spiro atoms. The van der Waals surface area contributed by atoms with Crippen LogP contribution in [0.4, 0.5) is 11.4 Å². The fourth-order valence-corrected chi connectivity index (χ4v) is 2.72. The quantitative estimate of drug-likeness (QED) is 0.896. The highest BCUT2D eigenvalue weighted by Gasteiger charge is 2.26. The fourth-order valence-electron chi connectivity index (χ4n) is 2.72. The Morgan fingerprint density at radius 3 is 2.48 bits per heavy atom. The van der Waals surface area contributed by atoms with Crippen molar-refractivity contribution < 1.29 is 9.59 Å². The van der Waals surface area contributed by atoms with Gasteiger partial charge in [0.2, 0.25) is 5.91 Å². The lowest BCUT2D eigenvalue weighted by atomic mass is 10.0. The highest BCUT2D eigenvalue weighted by Crippen LogP contribution is 2.34. The second-order valence-corrected chi connectivity index (χ2v) is 6.24. The van der Waals surface area contributed by atoms with E-state index in [0.717, 1.165) is 11.3 Å². The van der Waals surface area contributed by atoms with Crippen molar-refractivity contribution in [3.63, 3.8) is 0 Å². The number of nitrogens with one attached hydrogen (secondary N) is 2. The zero-order valence-electron chi connectivity index (χ0n) is 13.5. The largest absolute Gasteiger partial charge is 0.325 e. The molecule has 1 atom stereocenters. The lowest BCUT2D eigenvalue weighted by Gasteiger charge is -2.09. The van der Waals surface area contributed by atoms with Gasteiger partial charge in [0.15, 0.2) is 0 Å². The SMILES string of the molecule is CC(C)c1ccc(C(=O)Nc2ccc3c(c2)C(C)C(=O)N3)cc1. The monoisotopic (exact) mass is 308 g/mol. The molecule has 0 aromatic heterocycles. The Labute approximate surface area is 135 Å². The lowest BCUT2D eigenvalue weighted by Crippen LogP contribution is -2.12. The number of fused-ring (bicyclic) bond motifs is 1. The molecule has 2 N–H and O–H groups in total. The van der Waals surface area contributed by atoms with Crippen LogP contribution in [0.15, 0.2) is 42.5 Å². The van der Waals surface area contributed by atoms with Crippen molar-refractivity contribution in [2.75, 3.05) is 10.6 Å². The summed E-state index contributed by atoms with van der Waals surface area (Å²) >= 11 is 0. The summed E-state index contributed by atoms with van der Waals surface area (Å²) in [5, 5.41) is 5.72. The van der Waals surface area contributed by atoms with Crippen LogP contribution in [0.2, 0.25) is 0 Å². The van der Waals surface area contributed by atoms with Crippen molar-refractivity contribution in [3.05, 3.63) is 59.2 Å². The maximum Gasteiger partial charge on any atom is 0.255 e. The van der Waals surface area contributed by atoms with Gasteiger partial charge in [-0.05, 0) is 54.3 Å². The molecule has 4 nitrogen and oxygen atoms in total. The van der Waals surface area contributed by atoms with E-state index >= 15 is 0 Å². The number of hydrogen-bond donors (Lipinski definition) is 2. The Kier molecular flexibility index (Phi) is 3.90. The molecule has 1 heterocycles. The van der Waals surface area contributed by atoms with Gasteiger partial charge >= 0.3 is 0 Å². The molecule has 1 unspecified atom stereocenters. The zero-order chi connectivity index (χ0) is 16.6. The molecule has 0 radical (unpaired) electrons. The minimum atomic E-state index is -0.188. The first kappa shape index (κ1) is 15.3. The molecule has 3 rings (SSSR count). The maximum atomic E-state index is 12.3. The average molecular weight is 308 g/mol. The van der Waals surface area contributed by atoms with Crippen LogP contribution >= 0.6 is 0 Å². The summed E-state index contributed by atoms with van der Waals surface area (Å²) in [4.78, 5) is 24.0. The van der Waals surface area contributed by atoms with Crippen LogP contribution in [-0.2, 0) is 4.79 Å². The highest BCUT2D eigenvalue weighted by atomic mass is 16.2. The lowest BCUT2D eigenvalue weighted by molar-refractivity contribution is -0.116.